The van der Waals surface area contributed by atoms with Gasteiger partial charge in [-0.3, -0.25) is 0 Å². The molecule has 0 amide bonds. The monoisotopic (exact) mass is 327 g/mol. The molecule has 1 atom stereocenters. The van der Waals surface area contributed by atoms with Crippen LogP contribution in [0.3, 0.4) is 0 Å². The molecule has 23 heavy (non-hydrogen) atoms. The summed E-state index contributed by atoms with van der Waals surface area (Å²) in [6.07, 6.45) is 5.25. The molecule has 2 heterocycles. The zero-order valence-corrected chi connectivity index (χ0v) is 13.7. The molecule has 0 aliphatic rings. The fourth-order valence-corrected chi connectivity index (χ4v) is 2.74. The van der Waals surface area contributed by atoms with Crippen LogP contribution < -0.4 is 0 Å². The van der Waals surface area contributed by atoms with E-state index in [9.17, 15) is 5.11 Å². The van der Waals surface area contributed by atoms with Gasteiger partial charge in [0.15, 0.2) is 11.4 Å². The van der Waals surface area contributed by atoms with Crippen molar-refractivity contribution in [2.75, 3.05) is 13.4 Å². The first-order valence-corrected chi connectivity index (χ1v) is 8.38. The molecule has 1 N–H and O–H groups in total. The third-order valence-corrected chi connectivity index (χ3v) is 4.13. The van der Waals surface area contributed by atoms with E-state index < -0.39 is 6.29 Å². The minimum absolute atomic E-state index is 0.503. The molecule has 3 aromatic rings. The maximum absolute atomic E-state index is 9.94. The lowest BCUT2D eigenvalue weighted by molar-refractivity contribution is -0.0797. The highest BCUT2D eigenvalue weighted by molar-refractivity contribution is 7.98. The predicted molar refractivity (Wildman–Crippen MR) is 90.3 cm³/mol. The van der Waals surface area contributed by atoms with Crippen LogP contribution in [-0.4, -0.2) is 33.4 Å². The van der Waals surface area contributed by atoms with Gasteiger partial charge in [-0.2, -0.15) is 0 Å². The second kappa shape index (κ2) is 7.04. The van der Waals surface area contributed by atoms with E-state index in [1.807, 2.05) is 49.0 Å². The van der Waals surface area contributed by atoms with Crippen molar-refractivity contribution in [2.45, 2.75) is 17.9 Å². The molecule has 5 nitrogen and oxygen atoms in total. The van der Waals surface area contributed by atoms with Gasteiger partial charge in [0.1, 0.15) is 0 Å². The zero-order chi connectivity index (χ0) is 16.2. The number of aliphatic hydroxyl groups excluding tert-OH is 1. The smallest absolute Gasteiger partial charge is 0.198 e. The molecule has 0 radical (unpaired) electrons. The molecule has 2 aromatic heterocycles. The highest BCUT2D eigenvalue weighted by atomic mass is 32.2. The Hall–Kier alpha value is -2.02. The molecule has 0 bridgehead atoms. The highest BCUT2D eigenvalue weighted by Crippen LogP contribution is 2.24. The summed E-state index contributed by atoms with van der Waals surface area (Å²) in [5.74, 6) is 0. The number of fused-ring (bicyclic) bond motifs is 1. The van der Waals surface area contributed by atoms with E-state index in [0.29, 0.717) is 12.1 Å². The fourth-order valence-electron chi connectivity index (χ4n) is 2.42. The Morgan fingerprint density at radius 2 is 1.96 bits per heavy atom. The van der Waals surface area contributed by atoms with Gasteiger partial charge in [-0.05, 0) is 29.5 Å². The Morgan fingerprint density at radius 3 is 2.65 bits per heavy atom. The quantitative estimate of drug-likeness (QED) is 0.441. The molecule has 0 saturated carbocycles. The molecule has 0 saturated heterocycles. The van der Waals surface area contributed by atoms with Crippen molar-refractivity contribution >= 4 is 22.7 Å². The molecule has 0 fully saturated rings. The van der Waals surface area contributed by atoms with Crippen LogP contribution in [0.25, 0.3) is 10.9 Å². The Balaban J connectivity index is 2.03. The van der Waals surface area contributed by atoms with E-state index in [1.54, 1.807) is 0 Å². The average molecular weight is 327 g/mol. The summed E-state index contributed by atoms with van der Waals surface area (Å²) in [6.45, 7) is 0. The molecule has 1 aromatic carbocycles. The second-order valence-electron chi connectivity index (χ2n) is 5.07. The molecule has 0 spiro atoms. The summed E-state index contributed by atoms with van der Waals surface area (Å²) < 4.78 is 4.99. The Labute approximate surface area is 138 Å². The van der Waals surface area contributed by atoms with Gasteiger partial charge < -0.3 is 9.84 Å². The molecule has 6 heteroatoms. The van der Waals surface area contributed by atoms with Crippen LogP contribution in [0.1, 0.15) is 23.1 Å². The largest absolute Gasteiger partial charge is 0.363 e. The van der Waals surface area contributed by atoms with Gasteiger partial charge >= 0.3 is 0 Å². The number of benzene rings is 1. The van der Waals surface area contributed by atoms with Crippen molar-refractivity contribution in [1.82, 2.24) is 15.0 Å². The average Bonchev–Trinajstić information content (AvgIpc) is 2.61. The van der Waals surface area contributed by atoms with Crippen LogP contribution in [0.2, 0.25) is 0 Å². The van der Waals surface area contributed by atoms with Crippen LogP contribution in [0, 0.1) is 0 Å². The summed E-state index contributed by atoms with van der Waals surface area (Å²) in [7, 11) is 1.45. The number of ether oxygens (including phenoxy) is 1. The molecule has 118 valence electrons. The third-order valence-electron chi connectivity index (χ3n) is 3.56. The van der Waals surface area contributed by atoms with Crippen LogP contribution in [0.4, 0.5) is 0 Å². The lowest BCUT2D eigenvalue weighted by atomic mass is 10.0. The van der Waals surface area contributed by atoms with E-state index >= 15 is 0 Å². The van der Waals surface area contributed by atoms with Gasteiger partial charge in [0.05, 0.1) is 11.2 Å². The van der Waals surface area contributed by atoms with Gasteiger partial charge in [-0.1, -0.05) is 30.0 Å². The van der Waals surface area contributed by atoms with Crippen LogP contribution in [0.5, 0.6) is 0 Å². The van der Waals surface area contributed by atoms with Gasteiger partial charge in [0.2, 0.25) is 0 Å². The van der Waals surface area contributed by atoms with Crippen LogP contribution >= 0.6 is 11.8 Å². The first-order valence-electron chi connectivity index (χ1n) is 7.15. The van der Waals surface area contributed by atoms with Gasteiger partial charge in [0.25, 0.3) is 0 Å². The van der Waals surface area contributed by atoms with Gasteiger partial charge in [0, 0.05) is 31.3 Å². The van der Waals surface area contributed by atoms with E-state index in [4.69, 9.17) is 4.74 Å². The Morgan fingerprint density at radius 1 is 1.22 bits per heavy atom. The van der Waals surface area contributed by atoms with Gasteiger partial charge in [-0.15, -0.1) is 0 Å². The Bertz CT molecular complexity index is 809. The fraction of sp³-hybridized carbons (Fsp3) is 0.235. The zero-order valence-electron chi connectivity index (χ0n) is 12.9. The van der Waals surface area contributed by atoms with E-state index in [-0.39, 0.29) is 0 Å². The number of para-hydroxylation sites is 1. The minimum Gasteiger partial charge on any atom is -0.363 e. The molecule has 0 aliphatic carbocycles. The summed E-state index contributed by atoms with van der Waals surface area (Å²) in [5, 5.41) is 11.7. The first-order chi connectivity index (χ1) is 11.2. The number of methoxy groups -OCH3 is 1. The van der Waals surface area contributed by atoms with E-state index in [1.165, 1.54) is 18.9 Å². The maximum Gasteiger partial charge on any atom is 0.198 e. The van der Waals surface area contributed by atoms with Crippen LogP contribution in [0.15, 0.2) is 47.9 Å². The first kappa shape index (κ1) is 15.9. The van der Waals surface area contributed by atoms with Crippen molar-refractivity contribution in [3.05, 3.63) is 59.5 Å². The topological polar surface area (TPSA) is 68.1 Å². The third kappa shape index (κ3) is 3.50. The van der Waals surface area contributed by atoms with Crippen molar-refractivity contribution in [3.8, 4) is 0 Å². The van der Waals surface area contributed by atoms with Crippen molar-refractivity contribution in [2.24, 2.45) is 0 Å². The molecule has 3 rings (SSSR count). The molecular weight excluding hydrogens is 310 g/mol. The number of hydrogen-bond donors (Lipinski definition) is 1. The lowest BCUT2D eigenvalue weighted by Gasteiger charge is -2.13. The maximum atomic E-state index is 9.94. The normalized spacial score (nSPS) is 12.5. The molecular formula is C17H17N3O2S. The minimum atomic E-state index is -1.03. The highest BCUT2D eigenvalue weighted by Gasteiger charge is 2.12. The molecule has 0 aliphatic heterocycles. The lowest BCUT2D eigenvalue weighted by Crippen LogP contribution is -2.05. The Kier molecular flexibility index (Phi) is 4.85. The van der Waals surface area contributed by atoms with E-state index in [0.717, 1.165) is 27.2 Å². The van der Waals surface area contributed by atoms with Crippen molar-refractivity contribution in [1.29, 1.82) is 0 Å². The number of nitrogens with zero attached hydrogens (tertiary/aromatic N) is 3. The second-order valence-corrected chi connectivity index (χ2v) is 5.84. The SMILES string of the molecule is COC(O)c1cc(Cc2cnc(SC)nc2)c2ccccc2n1. The van der Waals surface area contributed by atoms with Crippen LogP contribution in [-0.2, 0) is 11.2 Å². The molecule has 1 unspecified atom stereocenters. The van der Waals surface area contributed by atoms with Crippen molar-refractivity contribution in [3.63, 3.8) is 0 Å². The number of rotatable bonds is 5. The number of pyridine rings is 1. The number of hydrogen-bond acceptors (Lipinski definition) is 6. The number of thioether (sulfide) groups is 1. The summed E-state index contributed by atoms with van der Waals surface area (Å²) in [5.41, 5.74) is 3.40. The van der Waals surface area contributed by atoms with Crippen molar-refractivity contribution < 1.29 is 9.84 Å². The summed E-state index contributed by atoms with van der Waals surface area (Å²) >= 11 is 1.51. The van der Waals surface area contributed by atoms with E-state index in [2.05, 4.69) is 15.0 Å². The van der Waals surface area contributed by atoms with Gasteiger partial charge in [-0.25, -0.2) is 15.0 Å². The summed E-state index contributed by atoms with van der Waals surface area (Å²) in [6, 6.07) is 9.74. The number of aromatic nitrogens is 3. The predicted octanol–water partition coefficient (Wildman–Crippen LogP) is 2.97. The number of aliphatic hydroxyl groups is 1. The standard InChI is InChI=1S/C17H17N3O2S/c1-22-16(21)15-8-12(13-5-3-4-6-14(13)20-15)7-11-9-18-17(23-2)19-10-11/h3-6,8-10,16,21H,7H2,1-2H3. The summed E-state index contributed by atoms with van der Waals surface area (Å²) in [4.78, 5) is 13.1.